The van der Waals surface area contributed by atoms with Gasteiger partial charge in [-0.25, -0.2) is 0 Å². The largest absolute Gasteiger partial charge is 0.382 e. The lowest BCUT2D eigenvalue weighted by molar-refractivity contribution is -0.384. The molecule has 0 atom stereocenters. The minimum Gasteiger partial charge on any atom is -0.382 e. The van der Waals surface area contributed by atoms with E-state index >= 15 is 0 Å². The molecule has 0 saturated heterocycles. The maximum absolute atomic E-state index is 11.4. The third kappa shape index (κ3) is 4.20. The van der Waals surface area contributed by atoms with E-state index in [1.807, 2.05) is 30.3 Å². The smallest absolute Gasteiger partial charge is 0.279 e. The monoisotopic (exact) mass is 309 g/mol. The molecule has 0 radical (unpaired) electrons. The molecule has 0 fully saturated rings. The highest BCUT2D eigenvalue weighted by molar-refractivity contribution is 5.77. The highest BCUT2D eigenvalue weighted by Crippen LogP contribution is 2.32. The van der Waals surface area contributed by atoms with Crippen LogP contribution in [0.1, 0.15) is 0 Å². The fraction of sp³-hybridized carbons (Fsp3) is 0.111. The first kappa shape index (κ1) is 16.3. The number of nitro benzene ring substituents is 1. The van der Waals surface area contributed by atoms with E-state index in [0.29, 0.717) is 24.3 Å². The molecule has 2 aromatic carbocycles. The minimum absolute atomic E-state index is 0.0749. The van der Waals surface area contributed by atoms with E-state index in [-0.39, 0.29) is 10.6 Å². The van der Waals surface area contributed by atoms with E-state index < -0.39 is 0 Å². The summed E-state index contributed by atoms with van der Waals surface area (Å²) in [4.78, 5) is 11.0. The Morgan fingerprint density at radius 1 is 0.957 bits per heavy atom. The van der Waals surface area contributed by atoms with Gasteiger partial charge in [-0.05, 0) is 29.8 Å². The van der Waals surface area contributed by atoms with E-state index in [1.54, 1.807) is 24.3 Å². The van der Waals surface area contributed by atoms with Crippen molar-refractivity contribution < 1.29 is 4.92 Å². The molecule has 0 amide bonds. The number of nitro groups is 1. The number of rotatable bonds is 8. The number of benzene rings is 2. The molecule has 0 unspecified atom stereocenters. The number of nitrogens with one attached hydrogen (secondary N) is 2. The van der Waals surface area contributed by atoms with Crippen LogP contribution in [-0.4, -0.2) is 18.0 Å². The highest BCUT2D eigenvalue weighted by atomic mass is 16.6. The first-order valence-electron chi connectivity index (χ1n) is 7.24. The Balaban J connectivity index is 2.32. The van der Waals surface area contributed by atoms with Gasteiger partial charge in [0.2, 0.25) is 0 Å². The zero-order chi connectivity index (χ0) is 16.7. The molecule has 118 valence electrons. The summed E-state index contributed by atoms with van der Waals surface area (Å²) in [5.41, 5.74) is 3.11. The van der Waals surface area contributed by atoms with Crippen LogP contribution in [0.25, 0.3) is 11.1 Å². The minimum atomic E-state index is -0.363. The first-order chi connectivity index (χ1) is 11.2. The second kappa shape index (κ2) is 7.79. The van der Waals surface area contributed by atoms with Crippen LogP contribution in [0.3, 0.4) is 0 Å². The standard InChI is InChI=1S/C18H19N3O2/c1-3-11-19-15-7-5-14(6-8-15)17-10-9-16(20-12-4-2)13-18(17)21(22)23/h3-10,13,19-20H,1-2,11-12H2. The third-order valence-electron chi connectivity index (χ3n) is 3.29. The number of nitrogens with zero attached hydrogens (tertiary/aromatic N) is 1. The first-order valence-corrected chi connectivity index (χ1v) is 7.24. The number of hydrogen-bond acceptors (Lipinski definition) is 4. The van der Waals surface area contributed by atoms with Crippen molar-refractivity contribution in [3.8, 4) is 11.1 Å². The molecular formula is C18H19N3O2. The predicted molar refractivity (Wildman–Crippen MR) is 95.9 cm³/mol. The maximum Gasteiger partial charge on any atom is 0.279 e. The average molecular weight is 309 g/mol. The second-order valence-corrected chi connectivity index (χ2v) is 4.91. The second-order valence-electron chi connectivity index (χ2n) is 4.91. The van der Waals surface area contributed by atoms with Crippen molar-refractivity contribution in [1.29, 1.82) is 0 Å². The quantitative estimate of drug-likeness (QED) is 0.429. The molecule has 5 nitrogen and oxygen atoms in total. The van der Waals surface area contributed by atoms with Gasteiger partial charge in [-0.3, -0.25) is 10.1 Å². The van der Waals surface area contributed by atoms with Gasteiger partial charge in [0.25, 0.3) is 5.69 Å². The zero-order valence-corrected chi connectivity index (χ0v) is 12.8. The Labute approximate surface area is 135 Å². The summed E-state index contributed by atoms with van der Waals surface area (Å²) in [6.07, 6.45) is 3.47. The number of hydrogen-bond donors (Lipinski definition) is 2. The van der Waals surface area contributed by atoms with E-state index in [2.05, 4.69) is 23.8 Å². The fourth-order valence-electron chi connectivity index (χ4n) is 2.18. The summed E-state index contributed by atoms with van der Waals surface area (Å²) in [5, 5.41) is 17.6. The Hall–Kier alpha value is -3.08. The van der Waals surface area contributed by atoms with Crippen LogP contribution in [0, 0.1) is 10.1 Å². The van der Waals surface area contributed by atoms with E-state index in [0.717, 1.165) is 11.3 Å². The summed E-state index contributed by atoms with van der Waals surface area (Å²) >= 11 is 0. The molecule has 23 heavy (non-hydrogen) atoms. The van der Waals surface area contributed by atoms with Crippen molar-refractivity contribution in [3.05, 3.63) is 77.9 Å². The van der Waals surface area contributed by atoms with Crippen molar-refractivity contribution in [2.45, 2.75) is 0 Å². The normalized spacial score (nSPS) is 9.91. The molecule has 0 bridgehead atoms. The predicted octanol–water partition coefficient (Wildman–Crippen LogP) is 4.46. The van der Waals surface area contributed by atoms with Gasteiger partial charge in [-0.15, -0.1) is 13.2 Å². The van der Waals surface area contributed by atoms with Crippen LogP contribution < -0.4 is 10.6 Å². The molecule has 0 aliphatic rings. The van der Waals surface area contributed by atoms with Crippen molar-refractivity contribution in [1.82, 2.24) is 0 Å². The Morgan fingerprint density at radius 2 is 1.52 bits per heavy atom. The Bertz CT molecular complexity index is 709. The van der Waals surface area contributed by atoms with Gasteiger partial charge in [0.05, 0.1) is 10.5 Å². The van der Waals surface area contributed by atoms with Crippen LogP contribution in [-0.2, 0) is 0 Å². The van der Waals surface area contributed by atoms with Crippen LogP contribution >= 0.6 is 0 Å². The molecule has 0 heterocycles. The van der Waals surface area contributed by atoms with Crippen molar-refractivity contribution in [3.63, 3.8) is 0 Å². The highest BCUT2D eigenvalue weighted by Gasteiger charge is 2.16. The molecule has 0 aliphatic heterocycles. The molecular weight excluding hydrogens is 290 g/mol. The maximum atomic E-state index is 11.4. The lowest BCUT2D eigenvalue weighted by atomic mass is 10.0. The van der Waals surface area contributed by atoms with E-state index in [4.69, 9.17) is 0 Å². The summed E-state index contributed by atoms with van der Waals surface area (Å²) < 4.78 is 0. The number of anilines is 2. The molecule has 0 aliphatic carbocycles. The third-order valence-corrected chi connectivity index (χ3v) is 3.29. The van der Waals surface area contributed by atoms with Gasteiger partial charge in [0.15, 0.2) is 0 Å². The van der Waals surface area contributed by atoms with Gasteiger partial charge in [0, 0.05) is 30.5 Å². The van der Waals surface area contributed by atoms with Crippen LogP contribution in [0.2, 0.25) is 0 Å². The zero-order valence-electron chi connectivity index (χ0n) is 12.8. The summed E-state index contributed by atoms with van der Waals surface area (Å²) in [5.74, 6) is 0. The average Bonchev–Trinajstić information content (AvgIpc) is 2.58. The lowest BCUT2D eigenvalue weighted by Crippen LogP contribution is -2.00. The van der Waals surface area contributed by atoms with Crippen molar-refractivity contribution in [2.75, 3.05) is 23.7 Å². The Morgan fingerprint density at radius 3 is 2.09 bits per heavy atom. The summed E-state index contributed by atoms with van der Waals surface area (Å²) in [6, 6.07) is 12.7. The molecule has 0 aromatic heterocycles. The molecule has 2 N–H and O–H groups in total. The van der Waals surface area contributed by atoms with E-state index in [9.17, 15) is 10.1 Å². The van der Waals surface area contributed by atoms with Gasteiger partial charge in [-0.1, -0.05) is 24.3 Å². The Kier molecular flexibility index (Phi) is 5.52. The molecule has 0 saturated carbocycles. The SMILES string of the molecule is C=CCNc1ccc(-c2ccc(NCC=C)cc2[N+](=O)[O-])cc1. The van der Waals surface area contributed by atoms with Gasteiger partial charge < -0.3 is 10.6 Å². The van der Waals surface area contributed by atoms with Gasteiger partial charge in [0.1, 0.15) is 0 Å². The van der Waals surface area contributed by atoms with Crippen LogP contribution in [0.15, 0.2) is 67.8 Å². The van der Waals surface area contributed by atoms with Crippen LogP contribution in [0.5, 0.6) is 0 Å². The topological polar surface area (TPSA) is 67.2 Å². The fourth-order valence-corrected chi connectivity index (χ4v) is 2.18. The van der Waals surface area contributed by atoms with E-state index in [1.165, 1.54) is 0 Å². The molecule has 5 heteroatoms. The summed E-state index contributed by atoms with van der Waals surface area (Å²) in [7, 11) is 0. The van der Waals surface area contributed by atoms with Crippen molar-refractivity contribution >= 4 is 17.1 Å². The molecule has 0 spiro atoms. The van der Waals surface area contributed by atoms with Gasteiger partial charge in [-0.2, -0.15) is 0 Å². The van der Waals surface area contributed by atoms with Crippen molar-refractivity contribution in [2.24, 2.45) is 0 Å². The molecule has 2 aromatic rings. The summed E-state index contributed by atoms with van der Waals surface area (Å²) in [6.45, 7) is 8.50. The van der Waals surface area contributed by atoms with Crippen LogP contribution in [0.4, 0.5) is 17.1 Å². The molecule has 2 rings (SSSR count). The lowest BCUT2D eigenvalue weighted by Gasteiger charge is -2.09. The van der Waals surface area contributed by atoms with Gasteiger partial charge >= 0.3 is 0 Å².